The predicted molar refractivity (Wildman–Crippen MR) is 70.2 cm³/mol. The molecule has 0 unspecified atom stereocenters. The number of rotatable bonds is 4. The van der Waals surface area contributed by atoms with Gasteiger partial charge in [0.2, 0.25) is 0 Å². The maximum atomic E-state index is 13.4. The fourth-order valence-electron chi connectivity index (χ4n) is 1.49. The number of hydrogen-bond donors (Lipinski definition) is 0. The first-order chi connectivity index (χ1) is 8.97. The van der Waals surface area contributed by atoms with Crippen LogP contribution < -0.4 is 4.74 Å². The Labute approximate surface area is 115 Å². The van der Waals surface area contributed by atoms with E-state index in [0.29, 0.717) is 11.3 Å². The van der Waals surface area contributed by atoms with E-state index in [0.717, 1.165) is 0 Å². The fourth-order valence-corrected chi connectivity index (χ4v) is 2.28. The normalized spacial score (nSPS) is 11.3. The van der Waals surface area contributed by atoms with Crippen LogP contribution in [0.25, 0.3) is 0 Å². The van der Waals surface area contributed by atoms with Gasteiger partial charge >= 0.3 is 0 Å². The smallest absolute Gasteiger partial charge is 0.261 e. The lowest BCUT2D eigenvalue weighted by atomic mass is 10.2. The molecule has 0 atom stereocenters. The van der Waals surface area contributed by atoms with Crippen molar-refractivity contribution in [1.29, 1.82) is 0 Å². The van der Waals surface area contributed by atoms with Crippen LogP contribution in [-0.2, 0) is 15.7 Å². The summed E-state index contributed by atoms with van der Waals surface area (Å²) < 4.78 is 41.0. The molecule has 100 valence electrons. The molecule has 0 bridgehead atoms. The summed E-state index contributed by atoms with van der Waals surface area (Å²) in [6, 6.07) is 11.9. The van der Waals surface area contributed by atoms with Crippen LogP contribution in [0, 0.1) is 5.82 Å². The highest BCUT2D eigenvalue weighted by Crippen LogP contribution is 2.21. The monoisotopic (exact) mass is 300 g/mol. The summed E-state index contributed by atoms with van der Waals surface area (Å²) in [7, 11) is 1.43. The van der Waals surface area contributed by atoms with Crippen molar-refractivity contribution in [2.24, 2.45) is 0 Å². The molecule has 3 nitrogen and oxygen atoms in total. The van der Waals surface area contributed by atoms with E-state index in [4.69, 9.17) is 15.4 Å². The average Bonchev–Trinajstić information content (AvgIpc) is 2.37. The molecule has 0 aromatic heterocycles. The maximum Gasteiger partial charge on any atom is 0.261 e. The highest BCUT2D eigenvalue weighted by molar-refractivity contribution is 8.13. The molecule has 0 N–H and O–H groups in total. The van der Waals surface area contributed by atoms with E-state index < -0.39 is 9.05 Å². The van der Waals surface area contributed by atoms with E-state index in [1.807, 2.05) is 0 Å². The van der Waals surface area contributed by atoms with Crippen LogP contribution in [0.1, 0.15) is 5.56 Å². The molecule has 2 aromatic rings. The van der Waals surface area contributed by atoms with Crippen molar-refractivity contribution in [3.8, 4) is 5.75 Å². The Kier molecular flexibility index (Phi) is 4.07. The Morgan fingerprint density at radius 1 is 1.11 bits per heavy atom. The molecule has 19 heavy (non-hydrogen) atoms. The summed E-state index contributed by atoms with van der Waals surface area (Å²) in [5.41, 5.74) is 0.390. The standard InChI is InChI=1S/C13H10ClFO3S/c14-19(16,17)12-6-3-5-11(8-12)18-9-10-4-1-2-7-13(10)15/h1-8H,9H2. The molecular formula is C13H10ClFO3S. The van der Waals surface area contributed by atoms with Crippen molar-refractivity contribution < 1.29 is 17.5 Å². The summed E-state index contributed by atoms with van der Waals surface area (Å²) in [5, 5.41) is 0. The van der Waals surface area contributed by atoms with Crippen molar-refractivity contribution in [3.63, 3.8) is 0 Å². The Bertz CT molecular complexity index is 686. The number of benzene rings is 2. The minimum atomic E-state index is -3.80. The van der Waals surface area contributed by atoms with E-state index >= 15 is 0 Å². The predicted octanol–water partition coefficient (Wildman–Crippen LogP) is 3.33. The van der Waals surface area contributed by atoms with Gasteiger partial charge in [-0.2, -0.15) is 0 Å². The van der Waals surface area contributed by atoms with Gasteiger partial charge in [-0.1, -0.05) is 24.3 Å². The minimum absolute atomic E-state index is 0.0124. The second-order valence-electron chi connectivity index (χ2n) is 3.79. The van der Waals surface area contributed by atoms with Crippen LogP contribution in [0.2, 0.25) is 0 Å². The Hall–Kier alpha value is -1.59. The topological polar surface area (TPSA) is 43.4 Å². The molecule has 0 amide bonds. The van der Waals surface area contributed by atoms with E-state index in [1.165, 1.54) is 24.3 Å². The maximum absolute atomic E-state index is 13.4. The third kappa shape index (κ3) is 3.68. The van der Waals surface area contributed by atoms with Crippen molar-refractivity contribution >= 4 is 19.7 Å². The molecule has 0 spiro atoms. The van der Waals surface area contributed by atoms with Gasteiger partial charge in [-0.05, 0) is 18.2 Å². The van der Waals surface area contributed by atoms with Crippen LogP contribution in [0.3, 0.4) is 0 Å². The summed E-state index contributed by atoms with van der Waals surface area (Å²) in [6.45, 7) is 0.0124. The van der Waals surface area contributed by atoms with Crippen LogP contribution in [0.5, 0.6) is 5.75 Å². The molecule has 0 aliphatic rings. The third-order valence-corrected chi connectivity index (χ3v) is 3.79. The highest BCUT2D eigenvalue weighted by Gasteiger charge is 2.10. The van der Waals surface area contributed by atoms with Gasteiger partial charge in [0.15, 0.2) is 0 Å². The van der Waals surface area contributed by atoms with Crippen LogP contribution >= 0.6 is 10.7 Å². The molecule has 0 radical (unpaired) electrons. The summed E-state index contributed by atoms with van der Waals surface area (Å²) in [5.74, 6) is -0.0615. The largest absolute Gasteiger partial charge is 0.489 e. The zero-order valence-electron chi connectivity index (χ0n) is 9.71. The molecule has 6 heteroatoms. The van der Waals surface area contributed by atoms with E-state index in [9.17, 15) is 12.8 Å². The SMILES string of the molecule is O=S(=O)(Cl)c1cccc(OCc2ccccc2F)c1. The van der Waals surface area contributed by atoms with Gasteiger partial charge in [0.05, 0.1) is 4.90 Å². The van der Waals surface area contributed by atoms with Crippen molar-refractivity contribution in [3.05, 3.63) is 59.9 Å². The molecule has 0 aliphatic carbocycles. The molecule has 0 aliphatic heterocycles. The summed E-state index contributed by atoms with van der Waals surface area (Å²) in [4.78, 5) is -0.0554. The number of ether oxygens (including phenoxy) is 1. The van der Waals surface area contributed by atoms with Crippen molar-refractivity contribution in [1.82, 2.24) is 0 Å². The average molecular weight is 301 g/mol. The first kappa shape index (κ1) is 13.8. The van der Waals surface area contributed by atoms with E-state index in [2.05, 4.69) is 0 Å². The zero-order chi connectivity index (χ0) is 13.9. The zero-order valence-corrected chi connectivity index (χ0v) is 11.3. The molecular weight excluding hydrogens is 291 g/mol. The highest BCUT2D eigenvalue weighted by atomic mass is 35.7. The lowest BCUT2D eigenvalue weighted by Gasteiger charge is -2.07. The van der Waals surface area contributed by atoms with Crippen LogP contribution in [0.15, 0.2) is 53.4 Å². The number of hydrogen-bond acceptors (Lipinski definition) is 3. The molecule has 0 saturated carbocycles. The lowest BCUT2D eigenvalue weighted by Crippen LogP contribution is -1.99. The van der Waals surface area contributed by atoms with Gasteiger partial charge in [0.25, 0.3) is 9.05 Å². The van der Waals surface area contributed by atoms with Crippen LogP contribution in [-0.4, -0.2) is 8.42 Å². The van der Waals surface area contributed by atoms with Gasteiger partial charge in [0, 0.05) is 22.3 Å². The second kappa shape index (κ2) is 5.59. The van der Waals surface area contributed by atoms with Gasteiger partial charge in [-0.15, -0.1) is 0 Å². The summed E-state index contributed by atoms with van der Waals surface area (Å²) >= 11 is 0. The second-order valence-corrected chi connectivity index (χ2v) is 6.36. The molecule has 2 aromatic carbocycles. The Morgan fingerprint density at radius 2 is 1.84 bits per heavy atom. The van der Waals surface area contributed by atoms with Crippen molar-refractivity contribution in [2.75, 3.05) is 0 Å². The first-order valence-corrected chi connectivity index (χ1v) is 7.69. The molecule has 2 rings (SSSR count). The first-order valence-electron chi connectivity index (χ1n) is 5.38. The molecule has 0 heterocycles. The minimum Gasteiger partial charge on any atom is -0.489 e. The van der Waals surface area contributed by atoms with Crippen molar-refractivity contribution in [2.45, 2.75) is 11.5 Å². The fraction of sp³-hybridized carbons (Fsp3) is 0.0769. The van der Waals surface area contributed by atoms with Gasteiger partial charge in [-0.3, -0.25) is 0 Å². The lowest BCUT2D eigenvalue weighted by molar-refractivity contribution is 0.299. The third-order valence-electron chi connectivity index (χ3n) is 2.44. The van der Waals surface area contributed by atoms with Gasteiger partial charge in [0.1, 0.15) is 18.2 Å². The van der Waals surface area contributed by atoms with Gasteiger partial charge < -0.3 is 4.74 Å². The van der Waals surface area contributed by atoms with E-state index in [-0.39, 0.29) is 17.3 Å². The number of halogens is 2. The Morgan fingerprint density at radius 3 is 2.53 bits per heavy atom. The molecule has 0 fully saturated rings. The summed E-state index contributed by atoms with van der Waals surface area (Å²) in [6.07, 6.45) is 0. The quantitative estimate of drug-likeness (QED) is 0.814. The van der Waals surface area contributed by atoms with Crippen LogP contribution in [0.4, 0.5) is 4.39 Å². The van der Waals surface area contributed by atoms with Gasteiger partial charge in [-0.25, -0.2) is 12.8 Å². The molecule has 0 saturated heterocycles. The van der Waals surface area contributed by atoms with E-state index in [1.54, 1.807) is 24.3 Å². The Balaban J connectivity index is 2.15.